The minimum Gasteiger partial charge on any atom is -0.491 e. The van der Waals surface area contributed by atoms with Crippen LogP contribution in [0.5, 0.6) is 5.75 Å². The van der Waals surface area contributed by atoms with Gasteiger partial charge in [0.1, 0.15) is 0 Å². The molecule has 0 aliphatic carbocycles. The SMILES string of the molecule is CCCCCCCCCCOc1ccc(CN)cc1F. The van der Waals surface area contributed by atoms with Crippen molar-refractivity contribution in [3.8, 4) is 5.75 Å². The third kappa shape index (κ3) is 6.90. The van der Waals surface area contributed by atoms with E-state index in [1.54, 1.807) is 6.07 Å². The summed E-state index contributed by atoms with van der Waals surface area (Å²) in [5.74, 6) is 0.0256. The molecule has 0 atom stereocenters. The number of ether oxygens (including phenoxy) is 1. The molecule has 0 fully saturated rings. The van der Waals surface area contributed by atoms with E-state index in [-0.39, 0.29) is 5.82 Å². The van der Waals surface area contributed by atoms with Crippen LogP contribution in [0.2, 0.25) is 0 Å². The summed E-state index contributed by atoms with van der Waals surface area (Å²) in [7, 11) is 0. The molecule has 3 heteroatoms. The summed E-state index contributed by atoms with van der Waals surface area (Å²) in [6, 6.07) is 4.93. The molecular formula is C17H28FNO. The van der Waals surface area contributed by atoms with Gasteiger partial charge < -0.3 is 10.5 Å². The topological polar surface area (TPSA) is 35.2 Å². The molecule has 0 aliphatic rings. The minimum atomic E-state index is -0.312. The fourth-order valence-corrected chi connectivity index (χ4v) is 2.21. The number of rotatable bonds is 11. The summed E-state index contributed by atoms with van der Waals surface area (Å²) < 4.78 is 19.1. The van der Waals surface area contributed by atoms with Gasteiger partial charge in [-0.05, 0) is 24.1 Å². The summed E-state index contributed by atoms with van der Waals surface area (Å²) in [4.78, 5) is 0. The van der Waals surface area contributed by atoms with Crippen LogP contribution in [0, 0.1) is 5.82 Å². The smallest absolute Gasteiger partial charge is 0.165 e. The zero-order chi connectivity index (χ0) is 14.6. The van der Waals surface area contributed by atoms with Gasteiger partial charge in [-0.2, -0.15) is 0 Å². The van der Waals surface area contributed by atoms with Gasteiger partial charge in [-0.1, -0.05) is 57.9 Å². The molecule has 2 N–H and O–H groups in total. The van der Waals surface area contributed by atoms with Gasteiger partial charge in [0, 0.05) is 6.54 Å². The van der Waals surface area contributed by atoms with Gasteiger partial charge in [0.2, 0.25) is 0 Å². The van der Waals surface area contributed by atoms with E-state index in [2.05, 4.69) is 6.92 Å². The molecule has 1 aromatic carbocycles. The monoisotopic (exact) mass is 281 g/mol. The molecule has 2 nitrogen and oxygen atoms in total. The highest BCUT2D eigenvalue weighted by Crippen LogP contribution is 2.18. The maximum atomic E-state index is 13.6. The summed E-state index contributed by atoms with van der Waals surface area (Å²) in [5.41, 5.74) is 6.25. The summed E-state index contributed by atoms with van der Waals surface area (Å²) in [6.45, 7) is 3.18. The normalized spacial score (nSPS) is 10.8. The molecular weight excluding hydrogens is 253 g/mol. The first kappa shape index (κ1) is 17.0. The van der Waals surface area contributed by atoms with Crippen molar-refractivity contribution in [1.29, 1.82) is 0 Å². The molecule has 114 valence electrons. The van der Waals surface area contributed by atoms with Crippen LogP contribution in [-0.4, -0.2) is 6.61 Å². The Labute approximate surface area is 122 Å². The van der Waals surface area contributed by atoms with E-state index in [4.69, 9.17) is 10.5 Å². The molecule has 0 heterocycles. The van der Waals surface area contributed by atoms with Crippen LogP contribution in [-0.2, 0) is 6.54 Å². The Morgan fingerprint density at radius 1 is 1.00 bits per heavy atom. The van der Waals surface area contributed by atoms with Crippen molar-refractivity contribution in [1.82, 2.24) is 0 Å². The van der Waals surface area contributed by atoms with E-state index in [0.717, 1.165) is 18.4 Å². The molecule has 0 amide bonds. The largest absolute Gasteiger partial charge is 0.491 e. The van der Waals surface area contributed by atoms with Gasteiger partial charge in [0.05, 0.1) is 6.61 Å². The van der Waals surface area contributed by atoms with Gasteiger partial charge in [0.25, 0.3) is 0 Å². The van der Waals surface area contributed by atoms with Crippen molar-refractivity contribution in [2.45, 2.75) is 64.8 Å². The van der Waals surface area contributed by atoms with E-state index in [1.165, 1.54) is 44.6 Å². The zero-order valence-electron chi connectivity index (χ0n) is 12.7. The molecule has 0 aromatic heterocycles. The predicted octanol–water partition coefficient (Wildman–Crippen LogP) is 4.80. The molecule has 1 aromatic rings. The predicted molar refractivity (Wildman–Crippen MR) is 82.4 cm³/mol. The average molecular weight is 281 g/mol. The first-order valence-corrected chi connectivity index (χ1v) is 7.89. The van der Waals surface area contributed by atoms with Gasteiger partial charge in [-0.15, -0.1) is 0 Å². The Morgan fingerprint density at radius 3 is 2.25 bits per heavy atom. The molecule has 0 aliphatic heterocycles. The first-order valence-electron chi connectivity index (χ1n) is 7.89. The van der Waals surface area contributed by atoms with Crippen molar-refractivity contribution in [3.63, 3.8) is 0 Å². The third-order valence-corrected chi connectivity index (χ3v) is 3.49. The van der Waals surface area contributed by atoms with Crippen LogP contribution >= 0.6 is 0 Å². The second-order valence-electron chi connectivity index (χ2n) is 5.29. The van der Waals surface area contributed by atoms with Gasteiger partial charge >= 0.3 is 0 Å². The van der Waals surface area contributed by atoms with Crippen LogP contribution in [0.3, 0.4) is 0 Å². The van der Waals surface area contributed by atoms with Crippen LogP contribution in [0.15, 0.2) is 18.2 Å². The fourth-order valence-electron chi connectivity index (χ4n) is 2.21. The highest BCUT2D eigenvalue weighted by atomic mass is 19.1. The number of benzene rings is 1. The second kappa shape index (κ2) is 10.7. The maximum Gasteiger partial charge on any atom is 0.165 e. The Kier molecular flexibility index (Phi) is 9.05. The molecule has 0 saturated heterocycles. The van der Waals surface area contributed by atoms with Gasteiger partial charge in [-0.25, -0.2) is 4.39 Å². The van der Waals surface area contributed by atoms with Crippen LogP contribution in [0.1, 0.15) is 63.9 Å². The number of hydrogen-bond acceptors (Lipinski definition) is 2. The van der Waals surface area contributed by atoms with Crippen LogP contribution in [0.25, 0.3) is 0 Å². The zero-order valence-corrected chi connectivity index (χ0v) is 12.7. The van der Waals surface area contributed by atoms with E-state index < -0.39 is 0 Å². The first-order chi connectivity index (χ1) is 9.77. The standard InChI is InChI=1S/C17H28FNO/c1-2-3-4-5-6-7-8-9-12-20-17-11-10-15(14-19)13-16(17)18/h10-11,13H,2-9,12,14,19H2,1H3. The Hall–Kier alpha value is -1.09. The molecule has 0 radical (unpaired) electrons. The molecule has 1 rings (SSSR count). The molecule has 0 unspecified atom stereocenters. The van der Waals surface area contributed by atoms with Crippen molar-refractivity contribution in [3.05, 3.63) is 29.6 Å². The average Bonchev–Trinajstić information content (AvgIpc) is 2.47. The number of nitrogens with two attached hydrogens (primary N) is 1. The summed E-state index contributed by atoms with van der Waals surface area (Å²) >= 11 is 0. The Bertz CT molecular complexity index is 368. The highest BCUT2D eigenvalue weighted by molar-refractivity contribution is 5.29. The Morgan fingerprint density at radius 2 is 1.65 bits per heavy atom. The molecule has 20 heavy (non-hydrogen) atoms. The summed E-state index contributed by atoms with van der Waals surface area (Å²) in [6.07, 6.45) is 10.0. The van der Waals surface area contributed by atoms with E-state index in [0.29, 0.717) is 18.9 Å². The lowest BCUT2D eigenvalue weighted by molar-refractivity contribution is 0.289. The lowest BCUT2D eigenvalue weighted by atomic mass is 10.1. The minimum absolute atomic E-state index is 0.312. The molecule has 0 spiro atoms. The lowest BCUT2D eigenvalue weighted by Gasteiger charge is -2.08. The molecule has 0 saturated carbocycles. The van der Waals surface area contributed by atoms with Crippen molar-refractivity contribution >= 4 is 0 Å². The van der Waals surface area contributed by atoms with E-state index in [9.17, 15) is 4.39 Å². The second-order valence-corrected chi connectivity index (χ2v) is 5.29. The Balaban J connectivity index is 2.06. The van der Waals surface area contributed by atoms with Crippen molar-refractivity contribution in [2.24, 2.45) is 5.73 Å². The van der Waals surface area contributed by atoms with Crippen LogP contribution in [0.4, 0.5) is 4.39 Å². The number of halogens is 1. The van der Waals surface area contributed by atoms with Crippen molar-refractivity contribution in [2.75, 3.05) is 6.61 Å². The number of unbranched alkanes of at least 4 members (excludes halogenated alkanes) is 7. The van der Waals surface area contributed by atoms with Gasteiger partial charge in [-0.3, -0.25) is 0 Å². The molecule has 0 bridgehead atoms. The van der Waals surface area contributed by atoms with E-state index in [1.807, 2.05) is 6.07 Å². The van der Waals surface area contributed by atoms with Gasteiger partial charge in [0.15, 0.2) is 11.6 Å². The lowest BCUT2D eigenvalue weighted by Crippen LogP contribution is -2.01. The maximum absolute atomic E-state index is 13.6. The number of hydrogen-bond donors (Lipinski definition) is 1. The fraction of sp³-hybridized carbons (Fsp3) is 0.647. The highest BCUT2D eigenvalue weighted by Gasteiger charge is 2.03. The quantitative estimate of drug-likeness (QED) is 0.591. The third-order valence-electron chi connectivity index (χ3n) is 3.49. The van der Waals surface area contributed by atoms with Crippen molar-refractivity contribution < 1.29 is 9.13 Å². The summed E-state index contributed by atoms with van der Waals surface area (Å²) in [5, 5.41) is 0. The van der Waals surface area contributed by atoms with E-state index >= 15 is 0 Å². The van der Waals surface area contributed by atoms with Crippen LogP contribution < -0.4 is 10.5 Å².